The fourth-order valence-electron chi connectivity index (χ4n) is 2.90. The molecule has 0 aliphatic rings. The predicted molar refractivity (Wildman–Crippen MR) is 102 cm³/mol. The van der Waals surface area contributed by atoms with Crippen LogP contribution in [-0.4, -0.2) is 20.7 Å². The molecule has 4 rings (SSSR count). The molecule has 1 amide bonds. The summed E-state index contributed by atoms with van der Waals surface area (Å²) in [5.41, 5.74) is 3.15. The van der Waals surface area contributed by atoms with Crippen LogP contribution in [0, 0.1) is 6.92 Å². The molecule has 128 valence electrons. The third kappa shape index (κ3) is 3.32. The van der Waals surface area contributed by atoms with Gasteiger partial charge in [-0.05, 0) is 24.6 Å². The Kier molecular flexibility index (Phi) is 4.19. The van der Waals surface area contributed by atoms with E-state index in [0.29, 0.717) is 18.1 Å². The molecule has 0 atom stereocenters. The zero-order valence-electron chi connectivity index (χ0n) is 14.4. The van der Waals surface area contributed by atoms with Gasteiger partial charge in [0.1, 0.15) is 11.5 Å². The molecule has 1 N–H and O–H groups in total. The monoisotopic (exact) mass is 342 g/mol. The smallest absolute Gasteiger partial charge is 0.275 e. The Morgan fingerprint density at radius 3 is 2.62 bits per heavy atom. The van der Waals surface area contributed by atoms with E-state index in [4.69, 9.17) is 0 Å². The van der Waals surface area contributed by atoms with Gasteiger partial charge < -0.3 is 5.32 Å². The number of hydrogen-bond acceptors (Lipinski definition) is 3. The molecular weight excluding hydrogens is 324 g/mol. The Bertz CT molecular complexity index is 1070. The van der Waals surface area contributed by atoms with Gasteiger partial charge in [0.15, 0.2) is 0 Å². The second-order valence-corrected chi connectivity index (χ2v) is 6.16. The van der Waals surface area contributed by atoms with Crippen molar-refractivity contribution < 1.29 is 4.79 Å². The molecule has 0 aliphatic heterocycles. The Balaban J connectivity index is 1.59. The molecule has 5 heteroatoms. The summed E-state index contributed by atoms with van der Waals surface area (Å²) in [5.74, 6) is 0.413. The van der Waals surface area contributed by atoms with Crippen LogP contribution >= 0.6 is 0 Å². The standard InChI is InChI=1S/C21H18N4O/c1-15-13-20(25(24-15)14-16-7-3-2-4-8-16)23-21(26)19-12-11-17-9-5-6-10-18(17)22-19/h2-13H,14H2,1H3,(H,23,26). The highest BCUT2D eigenvalue weighted by molar-refractivity contribution is 6.03. The summed E-state index contributed by atoms with van der Waals surface area (Å²) in [6, 6.07) is 23.3. The van der Waals surface area contributed by atoms with Crippen molar-refractivity contribution >= 4 is 22.6 Å². The number of carbonyl (C=O) groups excluding carboxylic acids is 1. The molecule has 2 aromatic heterocycles. The van der Waals surface area contributed by atoms with E-state index < -0.39 is 0 Å². The van der Waals surface area contributed by atoms with E-state index in [9.17, 15) is 4.79 Å². The summed E-state index contributed by atoms with van der Waals surface area (Å²) < 4.78 is 1.80. The normalized spacial score (nSPS) is 10.8. The third-order valence-electron chi connectivity index (χ3n) is 4.15. The fourth-order valence-corrected chi connectivity index (χ4v) is 2.90. The minimum atomic E-state index is -0.245. The maximum Gasteiger partial charge on any atom is 0.275 e. The fraction of sp³-hybridized carbons (Fsp3) is 0.0952. The molecule has 5 nitrogen and oxygen atoms in total. The molecule has 0 radical (unpaired) electrons. The minimum absolute atomic E-state index is 0.245. The van der Waals surface area contributed by atoms with Crippen LogP contribution in [0.4, 0.5) is 5.82 Å². The Hall–Kier alpha value is -3.47. The van der Waals surface area contributed by atoms with Gasteiger partial charge in [0, 0.05) is 11.5 Å². The van der Waals surface area contributed by atoms with Gasteiger partial charge in [-0.2, -0.15) is 5.10 Å². The first-order valence-electron chi connectivity index (χ1n) is 8.44. The summed E-state index contributed by atoms with van der Waals surface area (Å²) in [6.07, 6.45) is 0. The van der Waals surface area contributed by atoms with Gasteiger partial charge in [-0.25, -0.2) is 9.67 Å². The third-order valence-corrected chi connectivity index (χ3v) is 4.15. The molecule has 2 aromatic carbocycles. The molecule has 26 heavy (non-hydrogen) atoms. The number of benzene rings is 2. The van der Waals surface area contributed by atoms with Crippen molar-refractivity contribution in [3.63, 3.8) is 0 Å². The number of para-hydroxylation sites is 1. The number of anilines is 1. The second-order valence-electron chi connectivity index (χ2n) is 6.16. The molecule has 0 aliphatic carbocycles. The van der Waals surface area contributed by atoms with Crippen LogP contribution in [0.25, 0.3) is 10.9 Å². The van der Waals surface area contributed by atoms with Gasteiger partial charge in [0.25, 0.3) is 5.91 Å². The lowest BCUT2D eigenvalue weighted by Crippen LogP contribution is -2.17. The van der Waals surface area contributed by atoms with E-state index in [0.717, 1.165) is 22.2 Å². The van der Waals surface area contributed by atoms with E-state index in [-0.39, 0.29) is 5.91 Å². The Morgan fingerprint density at radius 2 is 1.77 bits per heavy atom. The number of fused-ring (bicyclic) bond motifs is 1. The van der Waals surface area contributed by atoms with Crippen LogP contribution in [0.2, 0.25) is 0 Å². The highest BCUT2D eigenvalue weighted by Gasteiger charge is 2.13. The van der Waals surface area contributed by atoms with E-state index in [1.807, 2.05) is 73.7 Å². The molecule has 0 saturated heterocycles. The molecule has 0 bridgehead atoms. The lowest BCUT2D eigenvalue weighted by Gasteiger charge is -2.09. The average molecular weight is 342 g/mol. The first kappa shape index (κ1) is 16.0. The SMILES string of the molecule is Cc1cc(NC(=O)c2ccc3ccccc3n2)n(Cc2ccccc2)n1. The number of carbonyl (C=O) groups is 1. The van der Waals surface area contributed by atoms with Gasteiger partial charge in [0.05, 0.1) is 17.8 Å². The van der Waals surface area contributed by atoms with Crippen molar-refractivity contribution in [1.82, 2.24) is 14.8 Å². The summed E-state index contributed by atoms with van der Waals surface area (Å²) >= 11 is 0. The highest BCUT2D eigenvalue weighted by Crippen LogP contribution is 2.16. The van der Waals surface area contributed by atoms with Crippen molar-refractivity contribution in [2.45, 2.75) is 13.5 Å². The number of aryl methyl sites for hydroxylation is 1. The van der Waals surface area contributed by atoms with E-state index in [2.05, 4.69) is 15.4 Å². The molecule has 0 unspecified atom stereocenters. The van der Waals surface area contributed by atoms with Gasteiger partial charge in [-0.1, -0.05) is 54.6 Å². The van der Waals surface area contributed by atoms with Crippen molar-refractivity contribution in [2.75, 3.05) is 5.32 Å². The largest absolute Gasteiger partial charge is 0.305 e. The van der Waals surface area contributed by atoms with E-state index in [1.165, 1.54) is 0 Å². The zero-order chi connectivity index (χ0) is 17.9. The van der Waals surface area contributed by atoms with Crippen molar-refractivity contribution in [1.29, 1.82) is 0 Å². The summed E-state index contributed by atoms with van der Waals surface area (Å²) in [4.78, 5) is 17.1. The summed E-state index contributed by atoms with van der Waals surface area (Å²) in [5, 5.41) is 8.42. The maximum atomic E-state index is 12.7. The number of nitrogens with zero attached hydrogens (tertiary/aromatic N) is 3. The van der Waals surface area contributed by atoms with Crippen LogP contribution in [0.5, 0.6) is 0 Å². The van der Waals surface area contributed by atoms with Gasteiger partial charge >= 0.3 is 0 Å². The molecular formula is C21H18N4O. The number of rotatable bonds is 4. The zero-order valence-corrected chi connectivity index (χ0v) is 14.4. The van der Waals surface area contributed by atoms with Crippen LogP contribution in [0.15, 0.2) is 72.8 Å². The number of aromatic nitrogens is 3. The maximum absolute atomic E-state index is 12.7. The number of amides is 1. The highest BCUT2D eigenvalue weighted by atomic mass is 16.2. The van der Waals surface area contributed by atoms with Crippen LogP contribution in [0.3, 0.4) is 0 Å². The molecule has 2 heterocycles. The molecule has 4 aromatic rings. The van der Waals surface area contributed by atoms with E-state index >= 15 is 0 Å². The minimum Gasteiger partial charge on any atom is -0.305 e. The van der Waals surface area contributed by atoms with Crippen LogP contribution < -0.4 is 5.32 Å². The Morgan fingerprint density at radius 1 is 1.00 bits per heavy atom. The topological polar surface area (TPSA) is 59.8 Å². The number of pyridine rings is 1. The molecule has 0 spiro atoms. The van der Waals surface area contributed by atoms with Crippen LogP contribution in [-0.2, 0) is 6.54 Å². The predicted octanol–water partition coefficient (Wildman–Crippen LogP) is 4.04. The first-order valence-corrected chi connectivity index (χ1v) is 8.44. The lowest BCUT2D eigenvalue weighted by atomic mass is 10.2. The first-order chi connectivity index (χ1) is 12.7. The number of nitrogens with one attached hydrogen (secondary N) is 1. The lowest BCUT2D eigenvalue weighted by molar-refractivity contribution is 0.102. The van der Waals surface area contributed by atoms with Crippen LogP contribution in [0.1, 0.15) is 21.7 Å². The molecule has 0 fully saturated rings. The Labute approximate surface area is 151 Å². The average Bonchev–Trinajstić information content (AvgIpc) is 3.01. The van der Waals surface area contributed by atoms with E-state index in [1.54, 1.807) is 10.7 Å². The summed E-state index contributed by atoms with van der Waals surface area (Å²) in [7, 11) is 0. The quantitative estimate of drug-likeness (QED) is 0.609. The van der Waals surface area contributed by atoms with Crippen molar-refractivity contribution in [3.8, 4) is 0 Å². The van der Waals surface area contributed by atoms with Gasteiger partial charge in [0.2, 0.25) is 0 Å². The van der Waals surface area contributed by atoms with Gasteiger partial charge in [-0.15, -0.1) is 0 Å². The summed E-state index contributed by atoms with van der Waals surface area (Å²) in [6.45, 7) is 2.50. The molecule has 0 saturated carbocycles. The van der Waals surface area contributed by atoms with Crippen molar-refractivity contribution in [2.24, 2.45) is 0 Å². The number of hydrogen-bond donors (Lipinski definition) is 1. The van der Waals surface area contributed by atoms with Gasteiger partial charge in [-0.3, -0.25) is 4.79 Å². The second kappa shape index (κ2) is 6.80. The van der Waals surface area contributed by atoms with Crippen molar-refractivity contribution in [3.05, 3.63) is 89.7 Å².